The van der Waals surface area contributed by atoms with Gasteiger partial charge < -0.3 is 40.2 Å². The number of carbonyl (C=O) groups is 2. The lowest BCUT2D eigenvalue weighted by Crippen LogP contribution is -2.63. The molecule has 14 heteroatoms. The highest BCUT2D eigenvalue weighted by Gasteiger charge is 2.54. The minimum atomic E-state index is -4.20. The van der Waals surface area contributed by atoms with Crippen LogP contribution in [-0.2, 0) is 28.2 Å². The number of nitrogens with one attached hydrogen (secondary N) is 2. The van der Waals surface area contributed by atoms with Crippen LogP contribution in [0.15, 0.2) is 42.6 Å². The van der Waals surface area contributed by atoms with E-state index in [4.69, 9.17) is 24.3 Å². The Labute approximate surface area is 209 Å². The molecule has 13 nitrogen and oxygen atoms in total. The molecule has 0 saturated carbocycles. The van der Waals surface area contributed by atoms with E-state index < -0.39 is 62.6 Å². The van der Waals surface area contributed by atoms with Gasteiger partial charge in [-0.1, -0.05) is 18.2 Å². The van der Waals surface area contributed by atoms with E-state index in [0.717, 1.165) is 0 Å². The average Bonchev–Trinajstić information content (AvgIpc) is 3.01. The third-order valence-electron chi connectivity index (χ3n) is 5.48. The van der Waals surface area contributed by atoms with Crippen LogP contribution in [0.25, 0.3) is 0 Å². The van der Waals surface area contributed by atoms with Crippen LogP contribution in [0.1, 0.15) is 27.7 Å². The van der Waals surface area contributed by atoms with Gasteiger partial charge in [0.2, 0.25) is 12.3 Å². The van der Waals surface area contributed by atoms with E-state index in [1.807, 2.05) is 0 Å². The van der Waals surface area contributed by atoms with Crippen LogP contribution in [0.4, 0.5) is 0 Å². The summed E-state index contributed by atoms with van der Waals surface area (Å²) in [7, 11) is -4.20. The van der Waals surface area contributed by atoms with Crippen LogP contribution in [0, 0.1) is 0 Å². The molecule has 1 aromatic carbocycles. The Kier molecular flexibility index (Phi) is 8.78. The molecule has 3 rings (SSSR count). The van der Waals surface area contributed by atoms with Gasteiger partial charge in [-0.2, -0.15) is 5.09 Å². The molecule has 1 fully saturated rings. The zero-order valence-electron chi connectivity index (χ0n) is 20.4. The van der Waals surface area contributed by atoms with Crippen molar-refractivity contribution in [2.75, 3.05) is 6.61 Å². The van der Waals surface area contributed by atoms with Crippen molar-refractivity contribution < 1.29 is 42.9 Å². The first-order valence-electron chi connectivity index (χ1n) is 11.4. The van der Waals surface area contributed by atoms with Gasteiger partial charge in [-0.3, -0.25) is 14.1 Å². The topological polar surface area (TPSA) is 182 Å². The summed E-state index contributed by atoms with van der Waals surface area (Å²) in [6.07, 6.45) is -2.86. The minimum Gasteiger partial charge on any atom is -0.462 e. The lowest BCUT2D eigenvalue weighted by Gasteiger charge is -2.39. The fourth-order valence-electron chi connectivity index (χ4n) is 3.65. The number of carbonyl (C=O) groups excluding carboxylic acids is 2. The quantitative estimate of drug-likeness (QED) is 0.205. The highest BCUT2D eigenvalue weighted by molar-refractivity contribution is 7.52. The Morgan fingerprint density at radius 3 is 2.58 bits per heavy atom. The molecule has 7 unspecified atom stereocenters. The minimum absolute atomic E-state index is 0.213. The summed E-state index contributed by atoms with van der Waals surface area (Å²) in [5, 5.41) is 25.9. The Hall–Kier alpha value is -2.51. The van der Waals surface area contributed by atoms with E-state index in [0.29, 0.717) is 0 Å². The molecule has 6 N–H and O–H groups in total. The van der Waals surface area contributed by atoms with Crippen LogP contribution in [-0.4, -0.2) is 76.1 Å². The van der Waals surface area contributed by atoms with Crippen molar-refractivity contribution in [1.82, 2.24) is 15.3 Å². The monoisotopic (exact) mass is 528 g/mol. The van der Waals surface area contributed by atoms with E-state index in [-0.39, 0.29) is 11.9 Å². The van der Waals surface area contributed by atoms with Crippen molar-refractivity contribution in [1.29, 1.82) is 0 Å². The Bertz CT molecular complexity index is 1010. The van der Waals surface area contributed by atoms with Crippen LogP contribution in [0.2, 0.25) is 0 Å². The number of aliphatic hydroxyl groups is 2. The van der Waals surface area contributed by atoms with Gasteiger partial charge in [0.25, 0.3) is 0 Å². The SMILES string of the molecule is CC(C)OC(=O)C(C)NP(=O)(OCC1OC(N2C=CC(=O)NC2O)C(C)(N)C1O)Oc1ccccc1. The van der Waals surface area contributed by atoms with Crippen LogP contribution >= 0.6 is 7.75 Å². The number of aliphatic hydroxyl groups excluding tert-OH is 2. The third-order valence-corrected chi connectivity index (χ3v) is 7.13. The number of nitrogens with zero attached hydrogens (tertiary/aromatic N) is 1. The number of esters is 1. The van der Waals surface area contributed by atoms with Crippen molar-refractivity contribution in [3.8, 4) is 5.75 Å². The average molecular weight is 528 g/mol. The molecule has 0 aliphatic carbocycles. The van der Waals surface area contributed by atoms with Gasteiger partial charge in [-0.25, -0.2) is 4.57 Å². The maximum Gasteiger partial charge on any atom is 0.459 e. The summed E-state index contributed by atoms with van der Waals surface area (Å²) in [5.41, 5.74) is 4.88. The molecule has 2 heterocycles. The van der Waals surface area contributed by atoms with Gasteiger partial charge in [0.15, 0.2) is 6.23 Å². The summed E-state index contributed by atoms with van der Waals surface area (Å²) in [6, 6.07) is 7.13. The second-order valence-corrected chi connectivity index (χ2v) is 10.7. The molecular formula is C22H33N4O9P. The Morgan fingerprint density at radius 1 is 1.31 bits per heavy atom. The standard InChI is InChI=1S/C22H33N4O9P/c1-13(2)33-19(29)14(3)25-36(31,35-15-8-6-5-7-9-15)32-12-16-18(28)22(4,23)20(34-16)26-11-10-17(27)24-21(26)30/h5-11,13-14,16,18,20-21,28,30H,12,23H2,1-4H3,(H,24,27)(H,25,31). The van der Waals surface area contributed by atoms with Gasteiger partial charge in [0.1, 0.15) is 24.0 Å². The zero-order valence-corrected chi connectivity index (χ0v) is 21.3. The molecule has 1 amide bonds. The second-order valence-electron chi connectivity index (χ2n) is 9.02. The van der Waals surface area contributed by atoms with Gasteiger partial charge in [-0.15, -0.1) is 0 Å². The zero-order chi connectivity index (χ0) is 26.7. The predicted octanol–water partition coefficient (Wildman–Crippen LogP) is 0.144. The number of hydrogen-bond acceptors (Lipinski definition) is 11. The number of rotatable bonds is 10. The third kappa shape index (κ3) is 6.62. The summed E-state index contributed by atoms with van der Waals surface area (Å²) in [6.45, 7) is 5.86. The molecule has 2 aliphatic heterocycles. The number of para-hydroxylation sites is 1. The van der Waals surface area contributed by atoms with Crippen molar-refractivity contribution >= 4 is 19.6 Å². The van der Waals surface area contributed by atoms with Crippen LogP contribution in [0.5, 0.6) is 5.75 Å². The smallest absolute Gasteiger partial charge is 0.459 e. The van der Waals surface area contributed by atoms with E-state index >= 15 is 0 Å². The number of ether oxygens (including phenoxy) is 2. The molecular weight excluding hydrogens is 495 g/mol. The van der Waals surface area contributed by atoms with Crippen molar-refractivity contribution in [2.24, 2.45) is 5.73 Å². The van der Waals surface area contributed by atoms with Gasteiger partial charge in [0.05, 0.1) is 18.2 Å². The Morgan fingerprint density at radius 2 is 1.97 bits per heavy atom. The van der Waals surface area contributed by atoms with E-state index in [1.165, 1.54) is 31.0 Å². The highest BCUT2D eigenvalue weighted by Crippen LogP contribution is 2.46. The molecule has 0 radical (unpaired) electrons. The summed E-state index contributed by atoms with van der Waals surface area (Å²) in [4.78, 5) is 25.0. The summed E-state index contributed by atoms with van der Waals surface area (Å²) < 4.78 is 35.8. The Balaban J connectivity index is 1.75. The van der Waals surface area contributed by atoms with E-state index in [9.17, 15) is 24.4 Å². The molecule has 1 saturated heterocycles. The molecule has 7 atom stereocenters. The lowest BCUT2D eigenvalue weighted by atomic mass is 9.93. The number of amides is 1. The molecule has 0 spiro atoms. The van der Waals surface area contributed by atoms with Gasteiger partial charge >= 0.3 is 13.7 Å². The summed E-state index contributed by atoms with van der Waals surface area (Å²) >= 11 is 0. The molecule has 36 heavy (non-hydrogen) atoms. The number of nitrogens with two attached hydrogens (primary N) is 1. The maximum atomic E-state index is 13.6. The number of hydrogen-bond donors (Lipinski definition) is 5. The van der Waals surface area contributed by atoms with E-state index in [2.05, 4.69) is 10.4 Å². The van der Waals surface area contributed by atoms with Crippen LogP contribution < -0.4 is 20.7 Å². The first-order valence-corrected chi connectivity index (χ1v) is 12.9. The fourth-order valence-corrected chi connectivity index (χ4v) is 5.15. The van der Waals surface area contributed by atoms with Crippen molar-refractivity contribution in [3.63, 3.8) is 0 Å². The summed E-state index contributed by atoms with van der Waals surface area (Å²) in [5.74, 6) is -0.958. The van der Waals surface area contributed by atoms with Gasteiger partial charge in [-0.05, 0) is 39.8 Å². The van der Waals surface area contributed by atoms with E-state index in [1.54, 1.807) is 44.2 Å². The lowest BCUT2D eigenvalue weighted by molar-refractivity contribution is -0.149. The normalized spacial score (nSPS) is 30.6. The second kappa shape index (κ2) is 11.3. The first kappa shape index (κ1) is 28.1. The predicted molar refractivity (Wildman–Crippen MR) is 127 cm³/mol. The van der Waals surface area contributed by atoms with Crippen molar-refractivity contribution in [3.05, 3.63) is 42.6 Å². The fraction of sp³-hybridized carbons (Fsp3) is 0.545. The molecule has 0 bridgehead atoms. The van der Waals surface area contributed by atoms with Crippen molar-refractivity contribution in [2.45, 2.75) is 70.2 Å². The molecule has 1 aromatic rings. The molecule has 200 valence electrons. The maximum absolute atomic E-state index is 13.6. The first-order chi connectivity index (χ1) is 16.8. The van der Waals surface area contributed by atoms with Gasteiger partial charge in [0, 0.05) is 12.3 Å². The number of benzene rings is 1. The highest BCUT2D eigenvalue weighted by atomic mass is 31.2. The van der Waals surface area contributed by atoms with Crippen LogP contribution in [0.3, 0.4) is 0 Å². The largest absolute Gasteiger partial charge is 0.462 e. The molecule has 2 aliphatic rings. The molecule has 0 aromatic heterocycles.